The van der Waals surface area contributed by atoms with Crippen LogP contribution < -0.4 is 0 Å². The van der Waals surface area contributed by atoms with Gasteiger partial charge in [0, 0.05) is 11.8 Å². The van der Waals surface area contributed by atoms with Crippen LogP contribution in [0, 0.1) is 46.3 Å². The van der Waals surface area contributed by atoms with Gasteiger partial charge in [-0.1, -0.05) is 39.8 Å². The quantitative estimate of drug-likeness (QED) is 0.417. The third-order valence-electron chi connectivity index (χ3n) is 11.5. The lowest BCUT2D eigenvalue weighted by molar-refractivity contribution is -0.144. The Morgan fingerprint density at radius 2 is 1.87 bits per heavy atom. The van der Waals surface area contributed by atoms with Gasteiger partial charge in [-0.05, 0) is 98.7 Å². The van der Waals surface area contributed by atoms with E-state index in [9.17, 15) is 10.2 Å². The van der Waals surface area contributed by atoms with Gasteiger partial charge in [0.1, 0.15) is 5.60 Å². The van der Waals surface area contributed by atoms with Crippen LogP contribution in [-0.2, 0) is 4.74 Å². The van der Waals surface area contributed by atoms with Gasteiger partial charge < -0.3 is 14.9 Å². The minimum atomic E-state index is -0.243. The Bertz CT molecular complexity index is 717. The van der Waals surface area contributed by atoms with Gasteiger partial charge in [0.05, 0.1) is 18.8 Å². The highest BCUT2D eigenvalue weighted by molar-refractivity contribution is 5.25. The van der Waals surface area contributed by atoms with E-state index in [0.29, 0.717) is 23.2 Å². The van der Waals surface area contributed by atoms with Crippen molar-refractivity contribution in [1.82, 2.24) is 0 Å². The van der Waals surface area contributed by atoms with Gasteiger partial charge in [-0.25, -0.2) is 0 Å². The highest BCUT2D eigenvalue weighted by Crippen LogP contribution is 2.74. The summed E-state index contributed by atoms with van der Waals surface area (Å²) in [6, 6.07) is 0. The number of ether oxygens (including phenoxy) is 1. The van der Waals surface area contributed by atoms with E-state index in [-0.39, 0.29) is 29.8 Å². The number of hydrogen-bond acceptors (Lipinski definition) is 3. The molecule has 4 aliphatic carbocycles. The fraction of sp³-hybridized carbons (Fsp3) is 0.929. The summed E-state index contributed by atoms with van der Waals surface area (Å²) >= 11 is 0. The number of epoxide rings is 1. The van der Waals surface area contributed by atoms with Crippen molar-refractivity contribution in [2.24, 2.45) is 46.3 Å². The van der Waals surface area contributed by atoms with Crippen LogP contribution in [0.25, 0.3) is 0 Å². The van der Waals surface area contributed by atoms with Gasteiger partial charge >= 0.3 is 0 Å². The Hall–Kier alpha value is -0.380. The Morgan fingerprint density at radius 1 is 1.10 bits per heavy atom. The Kier molecular flexibility index (Phi) is 5.47. The van der Waals surface area contributed by atoms with Crippen LogP contribution in [0.1, 0.15) is 91.9 Å². The summed E-state index contributed by atoms with van der Waals surface area (Å²) in [6.45, 7) is 14.2. The zero-order valence-electron chi connectivity index (χ0n) is 20.4. The maximum Gasteiger partial charge on any atom is 0.105 e. The van der Waals surface area contributed by atoms with Crippen LogP contribution in [0.4, 0.5) is 0 Å². The van der Waals surface area contributed by atoms with E-state index < -0.39 is 0 Å². The highest BCUT2D eigenvalue weighted by atomic mass is 16.6. The standard InChI is InChI=1S/C28H46O3/c1-17(2)18(3)6-7-19(4)22-8-9-23-21-14-25-28(31-25)15-20(30)10-13-27(28,16-29)24(21)11-12-26(22,23)5/h17,19-25,29-30H,3,6-16H2,1-2,4-5H3/t19-,20+,21?,22-,23?,24?,25-,26-,27+,28-/m1/s1. The first-order valence-electron chi connectivity index (χ1n) is 13.3. The van der Waals surface area contributed by atoms with Crippen molar-refractivity contribution in [3.63, 3.8) is 0 Å². The normalized spacial score (nSPS) is 51.5. The van der Waals surface area contributed by atoms with Gasteiger partial charge in [-0.15, -0.1) is 0 Å². The SMILES string of the molecule is C=C(CC[C@@H](C)[C@H]1CCC2C3C[C@H]4O[C@]45C[C@@H](O)CC[C@]5(CO)C3CC[C@@]21C)C(C)C. The lowest BCUT2D eigenvalue weighted by Gasteiger charge is -2.60. The summed E-state index contributed by atoms with van der Waals surface area (Å²) < 4.78 is 6.44. The molecule has 0 aromatic heterocycles. The molecule has 0 bridgehead atoms. The van der Waals surface area contributed by atoms with E-state index in [2.05, 4.69) is 34.3 Å². The van der Waals surface area contributed by atoms with Crippen molar-refractivity contribution < 1.29 is 14.9 Å². The van der Waals surface area contributed by atoms with Crippen molar-refractivity contribution in [1.29, 1.82) is 0 Å². The molecule has 1 spiro atoms. The molecule has 2 N–H and O–H groups in total. The second-order valence-electron chi connectivity index (χ2n) is 12.9. The van der Waals surface area contributed by atoms with Crippen molar-refractivity contribution in [2.45, 2.75) is 110 Å². The first-order chi connectivity index (χ1) is 14.7. The molecule has 31 heavy (non-hydrogen) atoms. The fourth-order valence-corrected chi connectivity index (χ4v) is 9.62. The second kappa shape index (κ2) is 7.57. The summed E-state index contributed by atoms with van der Waals surface area (Å²) in [5.74, 6) is 4.24. The molecule has 3 nitrogen and oxygen atoms in total. The minimum Gasteiger partial charge on any atom is -0.396 e. The van der Waals surface area contributed by atoms with Crippen molar-refractivity contribution in [3.8, 4) is 0 Å². The van der Waals surface area contributed by atoms with Gasteiger partial charge in [-0.2, -0.15) is 0 Å². The van der Waals surface area contributed by atoms with Crippen LogP contribution in [0.5, 0.6) is 0 Å². The summed E-state index contributed by atoms with van der Waals surface area (Å²) in [6.07, 6.45) is 11.5. The maximum absolute atomic E-state index is 10.7. The van der Waals surface area contributed by atoms with E-state index in [1.165, 1.54) is 50.5 Å². The molecule has 5 aliphatic rings. The van der Waals surface area contributed by atoms with Gasteiger partial charge in [-0.3, -0.25) is 0 Å². The van der Waals surface area contributed by atoms with Gasteiger partial charge in [0.25, 0.3) is 0 Å². The Balaban J connectivity index is 1.35. The van der Waals surface area contributed by atoms with Gasteiger partial charge in [0.15, 0.2) is 0 Å². The van der Waals surface area contributed by atoms with Crippen molar-refractivity contribution >= 4 is 0 Å². The molecule has 5 rings (SSSR count). The first-order valence-corrected chi connectivity index (χ1v) is 13.3. The molecule has 176 valence electrons. The molecule has 1 heterocycles. The molecule has 3 unspecified atom stereocenters. The lowest BCUT2D eigenvalue weighted by atomic mass is 9.44. The third-order valence-corrected chi connectivity index (χ3v) is 11.5. The maximum atomic E-state index is 10.7. The van der Waals surface area contributed by atoms with Crippen LogP contribution in [0.3, 0.4) is 0 Å². The van der Waals surface area contributed by atoms with E-state index in [0.717, 1.165) is 37.0 Å². The molecule has 0 aromatic rings. The average Bonchev–Trinajstić information content (AvgIpc) is 3.30. The smallest absolute Gasteiger partial charge is 0.105 e. The predicted octanol–water partition coefficient (Wildman–Crippen LogP) is 5.74. The zero-order chi connectivity index (χ0) is 22.2. The molecule has 10 atom stereocenters. The van der Waals surface area contributed by atoms with Crippen molar-refractivity contribution in [2.75, 3.05) is 6.61 Å². The van der Waals surface area contributed by atoms with Crippen molar-refractivity contribution in [3.05, 3.63) is 12.2 Å². The monoisotopic (exact) mass is 430 g/mol. The number of hydrogen-bond donors (Lipinski definition) is 2. The van der Waals surface area contributed by atoms with Crippen LogP contribution in [0.15, 0.2) is 12.2 Å². The lowest BCUT2D eigenvalue weighted by Crippen LogP contribution is -2.61. The predicted molar refractivity (Wildman–Crippen MR) is 125 cm³/mol. The minimum absolute atomic E-state index is 0.0974. The average molecular weight is 431 g/mol. The van der Waals surface area contributed by atoms with Crippen LogP contribution in [0.2, 0.25) is 0 Å². The number of fused-ring (bicyclic) bond motifs is 4. The molecule has 5 fully saturated rings. The molecule has 0 radical (unpaired) electrons. The molecule has 1 saturated heterocycles. The van der Waals surface area contributed by atoms with Gasteiger partial charge in [0.2, 0.25) is 0 Å². The topological polar surface area (TPSA) is 53.0 Å². The number of aliphatic hydroxyl groups excluding tert-OH is 2. The second-order valence-corrected chi connectivity index (χ2v) is 12.9. The largest absolute Gasteiger partial charge is 0.396 e. The molecule has 1 aliphatic heterocycles. The first kappa shape index (κ1) is 22.4. The summed E-state index contributed by atoms with van der Waals surface area (Å²) in [5, 5.41) is 21.1. The molecule has 4 saturated carbocycles. The van der Waals surface area contributed by atoms with E-state index >= 15 is 0 Å². The van der Waals surface area contributed by atoms with E-state index in [1.54, 1.807) is 0 Å². The number of rotatable bonds is 6. The molecule has 0 amide bonds. The fourth-order valence-electron chi connectivity index (χ4n) is 9.62. The highest BCUT2D eigenvalue weighted by Gasteiger charge is 2.77. The molecule has 3 heteroatoms. The molecular formula is C28H46O3. The number of allylic oxidation sites excluding steroid dienone is 1. The third kappa shape index (κ3) is 3.08. The van der Waals surface area contributed by atoms with E-state index in [1.807, 2.05) is 0 Å². The Labute approximate surface area is 190 Å². The summed E-state index contributed by atoms with van der Waals surface area (Å²) in [7, 11) is 0. The van der Waals surface area contributed by atoms with Crippen LogP contribution >= 0.6 is 0 Å². The molecule has 0 aromatic carbocycles. The summed E-state index contributed by atoms with van der Waals surface area (Å²) in [5.41, 5.74) is 1.55. The van der Waals surface area contributed by atoms with E-state index in [4.69, 9.17) is 4.74 Å². The Morgan fingerprint density at radius 3 is 2.58 bits per heavy atom. The number of aliphatic hydroxyl groups is 2. The summed E-state index contributed by atoms with van der Waals surface area (Å²) in [4.78, 5) is 0. The van der Waals surface area contributed by atoms with Crippen LogP contribution in [-0.4, -0.2) is 34.6 Å². The zero-order valence-corrected chi connectivity index (χ0v) is 20.4. The molecular weight excluding hydrogens is 384 g/mol.